The van der Waals surface area contributed by atoms with Gasteiger partial charge < -0.3 is 10.2 Å². The van der Waals surface area contributed by atoms with Crippen molar-refractivity contribution in [2.24, 2.45) is 34.5 Å². The van der Waals surface area contributed by atoms with Crippen molar-refractivity contribution >= 4 is 0 Å². The third-order valence-corrected chi connectivity index (χ3v) is 9.20. The lowest BCUT2D eigenvalue weighted by atomic mass is 9.44. The zero-order valence-electron chi connectivity index (χ0n) is 14.6. The van der Waals surface area contributed by atoms with Crippen LogP contribution in [0, 0.1) is 34.5 Å². The lowest BCUT2D eigenvalue weighted by molar-refractivity contribution is -0.153. The van der Waals surface area contributed by atoms with Crippen LogP contribution in [0.2, 0.25) is 0 Å². The van der Waals surface area contributed by atoms with Crippen LogP contribution in [-0.2, 0) is 0 Å². The Morgan fingerprint density at radius 2 is 1.55 bits per heavy atom. The molecule has 0 aromatic heterocycles. The molecule has 0 heterocycles. The van der Waals surface area contributed by atoms with Crippen LogP contribution in [0.1, 0.15) is 78.6 Å². The Morgan fingerprint density at radius 3 is 2.32 bits per heavy atom. The van der Waals surface area contributed by atoms with E-state index in [0.29, 0.717) is 5.41 Å². The summed E-state index contributed by atoms with van der Waals surface area (Å²) in [6, 6.07) is 0. The van der Waals surface area contributed by atoms with Gasteiger partial charge in [0.25, 0.3) is 0 Å². The Balaban J connectivity index is 1.64. The highest BCUT2D eigenvalue weighted by molar-refractivity contribution is 5.12. The van der Waals surface area contributed by atoms with Gasteiger partial charge in [0.2, 0.25) is 0 Å². The van der Waals surface area contributed by atoms with E-state index in [1.54, 1.807) is 0 Å². The lowest BCUT2D eigenvalue weighted by Gasteiger charge is -2.61. The number of fused-ring (bicyclic) bond motifs is 5. The molecule has 4 rings (SSSR count). The van der Waals surface area contributed by atoms with Crippen LogP contribution in [0.4, 0.5) is 0 Å². The summed E-state index contributed by atoms with van der Waals surface area (Å²) < 4.78 is 0. The zero-order valence-corrected chi connectivity index (χ0v) is 14.6. The molecule has 0 radical (unpaired) electrons. The molecule has 0 bridgehead atoms. The normalized spacial score (nSPS) is 61.2. The SMILES string of the molecule is C[C@]12CCC(O)CC1CCC1C2CC[C@@]2(C)C1CC[C@]2(C)O. The fraction of sp³-hybridized carbons (Fsp3) is 1.00. The molecule has 2 nitrogen and oxygen atoms in total. The van der Waals surface area contributed by atoms with Crippen LogP contribution in [-0.4, -0.2) is 21.9 Å². The number of aliphatic hydroxyl groups excluding tert-OH is 1. The Morgan fingerprint density at radius 1 is 0.818 bits per heavy atom. The lowest BCUT2D eigenvalue weighted by Crippen LogP contribution is -2.56. The maximum absolute atomic E-state index is 10.9. The van der Waals surface area contributed by atoms with Gasteiger partial charge in [-0.3, -0.25) is 0 Å². The Kier molecular flexibility index (Phi) is 3.32. The average molecular weight is 306 g/mol. The van der Waals surface area contributed by atoms with Crippen molar-refractivity contribution < 1.29 is 10.2 Å². The molecule has 2 N–H and O–H groups in total. The van der Waals surface area contributed by atoms with E-state index in [1.807, 2.05) is 0 Å². The second kappa shape index (κ2) is 4.72. The van der Waals surface area contributed by atoms with Crippen LogP contribution in [0.5, 0.6) is 0 Å². The highest BCUT2D eigenvalue weighted by Crippen LogP contribution is 2.68. The zero-order chi connectivity index (χ0) is 15.8. The minimum Gasteiger partial charge on any atom is -0.393 e. The van der Waals surface area contributed by atoms with Gasteiger partial charge in [0.05, 0.1) is 11.7 Å². The van der Waals surface area contributed by atoms with Gasteiger partial charge in [-0.1, -0.05) is 13.8 Å². The van der Waals surface area contributed by atoms with E-state index in [1.165, 1.54) is 38.5 Å². The van der Waals surface area contributed by atoms with Gasteiger partial charge in [-0.2, -0.15) is 0 Å². The van der Waals surface area contributed by atoms with Crippen molar-refractivity contribution in [1.82, 2.24) is 0 Å². The molecule has 0 aromatic rings. The molecule has 4 aliphatic carbocycles. The van der Waals surface area contributed by atoms with Gasteiger partial charge >= 0.3 is 0 Å². The molecule has 0 spiro atoms. The Labute approximate surface area is 135 Å². The summed E-state index contributed by atoms with van der Waals surface area (Å²) in [5.41, 5.74) is 0.145. The first-order valence-electron chi connectivity index (χ1n) is 9.68. The second-order valence-corrected chi connectivity index (χ2v) is 9.85. The van der Waals surface area contributed by atoms with E-state index in [0.717, 1.165) is 42.9 Å². The average Bonchev–Trinajstić information content (AvgIpc) is 2.70. The summed E-state index contributed by atoms with van der Waals surface area (Å²) in [5.74, 6) is 3.13. The molecule has 5 unspecified atom stereocenters. The van der Waals surface area contributed by atoms with Crippen LogP contribution >= 0.6 is 0 Å². The molecule has 2 heteroatoms. The van der Waals surface area contributed by atoms with Crippen molar-refractivity contribution in [3.05, 3.63) is 0 Å². The minimum atomic E-state index is -0.455. The molecule has 0 aromatic carbocycles. The van der Waals surface area contributed by atoms with Crippen LogP contribution in [0.3, 0.4) is 0 Å². The number of hydrogen-bond acceptors (Lipinski definition) is 2. The number of rotatable bonds is 0. The summed E-state index contributed by atoms with van der Waals surface area (Å²) >= 11 is 0. The maximum Gasteiger partial charge on any atom is 0.0675 e. The second-order valence-electron chi connectivity index (χ2n) is 9.85. The first-order valence-corrected chi connectivity index (χ1v) is 9.68. The summed E-state index contributed by atoms with van der Waals surface area (Å²) in [5, 5.41) is 21.0. The van der Waals surface area contributed by atoms with E-state index in [9.17, 15) is 10.2 Å². The Bertz CT molecular complexity index is 459. The van der Waals surface area contributed by atoms with E-state index in [2.05, 4.69) is 20.8 Å². The van der Waals surface area contributed by atoms with E-state index in [-0.39, 0.29) is 11.5 Å². The monoisotopic (exact) mass is 306 g/mol. The predicted octanol–water partition coefficient (Wildman–Crippen LogP) is 4.14. The number of hydrogen-bond donors (Lipinski definition) is 2. The first-order chi connectivity index (χ1) is 10.3. The molecule has 8 atom stereocenters. The van der Waals surface area contributed by atoms with Gasteiger partial charge in [0.15, 0.2) is 0 Å². The number of aliphatic hydroxyl groups is 2. The van der Waals surface area contributed by atoms with Crippen LogP contribution in [0.15, 0.2) is 0 Å². The van der Waals surface area contributed by atoms with E-state index < -0.39 is 5.60 Å². The van der Waals surface area contributed by atoms with Gasteiger partial charge in [-0.25, -0.2) is 0 Å². The Hall–Kier alpha value is -0.0800. The standard InChI is InChI=1S/C20H34O2/c1-18-9-6-14(21)12-13(18)4-5-15-16(18)7-10-19(2)17(15)8-11-20(19,3)22/h13-17,21-22H,4-12H2,1-3H3/t13?,14?,15?,16?,17?,18-,19-,20-/m0/s1. The van der Waals surface area contributed by atoms with Gasteiger partial charge in [-0.15, -0.1) is 0 Å². The summed E-state index contributed by atoms with van der Waals surface area (Å²) in [4.78, 5) is 0. The highest BCUT2D eigenvalue weighted by atomic mass is 16.3. The molecule has 4 fully saturated rings. The topological polar surface area (TPSA) is 40.5 Å². The van der Waals surface area contributed by atoms with Gasteiger partial charge in [0, 0.05) is 0 Å². The maximum atomic E-state index is 10.9. The van der Waals surface area contributed by atoms with Crippen molar-refractivity contribution in [3.8, 4) is 0 Å². The minimum absolute atomic E-state index is 0.0457. The molecule has 22 heavy (non-hydrogen) atoms. The van der Waals surface area contributed by atoms with Crippen LogP contribution < -0.4 is 0 Å². The smallest absolute Gasteiger partial charge is 0.0675 e. The summed E-state index contributed by atoms with van der Waals surface area (Å²) in [6.07, 6.45) is 10.6. The van der Waals surface area contributed by atoms with E-state index in [4.69, 9.17) is 0 Å². The largest absolute Gasteiger partial charge is 0.393 e. The fourth-order valence-corrected chi connectivity index (χ4v) is 7.48. The van der Waals surface area contributed by atoms with Crippen molar-refractivity contribution in [2.75, 3.05) is 0 Å². The quantitative estimate of drug-likeness (QED) is 0.706. The molecular formula is C20H34O2. The third-order valence-electron chi connectivity index (χ3n) is 9.20. The predicted molar refractivity (Wildman–Crippen MR) is 88.4 cm³/mol. The third kappa shape index (κ3) is 1.86. The molecule has 126 valence electrons. The molecule has 0 saturated heterocycles. The van der Waals surface area contributed by atoms with Gasteiger partial charge in [-0.05, 0) is 99.2 Å². The van der Waals surface area contributed by atoms with Crippen molar-refractivity contribution in [2.45, 2.75) is 90.3 Å². The molecule has 4 saturated carbocycles. The molecule has 0 amide bonds. The first kappa shape index (κ1) is 15.4. The van der Waals surface area contributed by atoms with Crippen LogP contribution in [0.25, 0.3) is 0 Å². The highest BCUT2D eigenvalue weighted by Gasteiger charge is 2.63. The van der Waals surface area contributed by atoms with Crippen molar-refractivity contribution in [3.63, 3.8) is 0 Å². The molecular weight excluding hydrogens is 272 g/mol. The summed E-state index contributed by atoms with van der Waals surface area (Å²) in [6.45, 7) is 7.01. The van der Waals surface area contributed by atoms with E-state index >= 15 is 0 Å². The molecule has 4 aliphatic rings. The summed E-state index contributed by atoms with van der Waals surface area (Å²) in [7, 11) is 0. The van der Waals surface area contributed by atoms with Gasteiger partial charge in [0.1, 0.15) is 0 Å². The fourth-order valence-electron chi connectivity index (χ4n) is 7.48. The molecule has 0 aliphatic heterocycles. The van der Waals surface area contributed by atoms with Crippen molar-refractivity contribution in [1.29, 1.82) is 0 Å².